The molecule has 0 saturated carbocycles. The van der Waals surface area contributed by atoms with Gasteiger partial charge in [0.05, 0.1) is 7.11 Å². The molecule has 0 amide bonds. The van der Waals surface area contributed by atoms with Crippen LogP contribution in [0.2, 0.25) is 0 Å². The lowest BCUT2D eigenvalue weighted by molar-refractivity contribution is 0.153. The summed E-state index contributed by atoms with van der Waals surface area (Å²) in [7, 11) is 1.71. The van der Waals surface area contributed by atoms with Crippen molar-refractivity contribution in [2.75, 3.05) is 13.7 Å². The van der Waals surface area contributed by atoms with Gasteiger partial charge in [0.15, 0.2) is 5.11 Å². The predicted molar refractivity (Wildman–Crippen MR) is 130 cm³/mol. The first-order valence-corrected chi connectivity index (χ1v) is 11.7. The molecule has 30 heavy (non-hydrogen) atoms. The highest BCUT2D eigenvalue weighted by Gasteiger charge is 2.38. The van der Waals surface area contributed by atoms with Crippen LogP contribution in [0.1, 0.15) is 65.4 Å². The topological polar surface area (TPSA) is 36.5 Å². The molecular formula is C25H39N3OS. The molecule has 2 aliphatic rings. The molecule has 166 valence electrons. The second-order valence-electron chi connectivity index (χ2n) is 10.3. The number of nitrogens with zero attached hydrogens (tertiary/aromatic N) is 1. The van der Waals surface area contributed by atoms with Crippen molar-refractivity contribution >= 4 is 17.3 Å². The van der Waals surface area contributed by atoms with E-state index in [-0.39, 0.29) is 11.1 Å². The van der Waals surface area contributed by atoms with E-state index in [1.165, 1.54) is 18.4 Å². The van der Waals surface area contributed by atoms with Crippen LogP contribution in [0.4, 0.5) is 0 Å². The molecule has 1 aromatic carbocycles. The number of thiocarbonyl (C=S) groups is 1. The molecule has 4 nitrogen and oxygen atoms in total. The van der Waals surface area contributed by atoms with Gasteiger partial charge in [0.1, 0.15) is 5.75 Å². The van der Waals surface area contributed by atoms with Crippen LogP contribution in [-0.4, -0.2) is 40.8 Å². The molecule has 2 N–H and O–H groups in total. The Hall–Kier alpha value is -1.59. The third-order valence-corrected chi connectivity index (χ3v) is 6.57. The summed E-state index contributed by atoms with van der Waals surface area (Å²) >= 11 is 5.97. The van der Waals surface area contributed by atoms with Crippen LogP contribution in [0.15, 0.2) is 36.4 Å². The van der Waals surface area contributed by atoms with E-state index in [2.05, 4.69) is 67.5 Å². The average Bonchev–Trinajstić information content (AvgIpc) is 2.66. The zero-order valence-electron chi connectivity index (χ0n) is 19.3. The SMILES string of the molecule is COc1ccc(CN(CC2CC=CCC2)C(=S)NC2CC(C)(C)NC(C)(C)C2)cc1. The molecule has 5 heteroatoms. The third-order valence-electron chi connectivity index (χ3n) is 6.19. The van der Waals surface area contributed by atoms with Gasteiger partial charge in [-0.2, -0.15) is 0 Å². The molecule has 0 spiro atoms. The molecule has 1 saturated heterocycles. The fourth-order valence-electron chi connectivity index (χ4n) is 5.19. The molecule has 1 aromatic rings. The maximum atomic E-state index is 5.97. The minimum atomic E-state index is 0.101. The fourth-order valence-corrected chi connectivity index (χ4v) is 5.50. The highest BCUT2D eigenvalue weighted by Crippen LogP contribution is 2.29. The third kappa shape index (κ3) is 6.71. The molecule has 1 heterocycles. The van der Waals surface area contributed by atoms with Crippen LogP contribution < -0.4 is 15.4 Å². The molecule has 0 aromatic heterocycles. The summed E-state index contributed by atoms with van der Waals surface area (Å²) in [5, 5.41) is 8.39. The van der Waals surface area contributed by atoms with E-state index in [4.69, 9.17) is 17.0 Å². The fraction of sp³-hybridized carbons (Fsp3) is 0.640. The second kappa shape index (κ2) is 9.69. The monoisotopic (exact) mass is 429 g/mol. The minimum Gasteiger partial charge on any atom is -0.497 e. The van der Waals surface area contributed by atoms with E-state index in [9.17, 15) is 0 Å². The smallest absolute Gasteiger partial charge is 0.169 e. The minimum absolute atomic E-state index is 0.101. The number of nitrogens with one attached hydrogen (secondary N) is 2. The summed E-state index contributed by atoms with van der Waals surface area (Å²) in [4.78, 5) is 2.38. The van der Waals surface area contributed by atoms with E-state index in [0.717, 1.165) is 43.2 Å². The van der Waals surface area contributed by atoms with E-state index in [1.54, 1.807) is 7.11 Å². The summed E-state index contributed by atoms with van der Waals surface area (Å²) in [5.41, 5.74) is 1.46. The number of hydrogen-bond acceptors (Lipinski definition) is 3. The van der Waals surface area contributed by atoms with Crippen molar-refractivity contribution in [2.45, 2.75) is 83.5 Å². The lowest BCUT2D eigenvalue weighted by Crippen LogP contribution is -2.63. The number of allylic oxidation sites excluding steroid dienone is 2. The largest absolute Gasteiger partial charge is 0.497 e. The Balaban J connectivity index is 1.70. The van der Waals surface area contributed by atoms with Crippen molar-refractivity contribution in [1.29, 1.82) is 0 Å². The highest BCUT2D eigenvalue weighted by molar-refractivity contribution is 7.80. The second-order valence-corrected chi connectivity index (χ2v) is 10.7. The quantitative estimate of drug-likeness (QED) is 0.490. The van der Waals surface area contributed by atoms with Crippen LogP contribution >= 0.6 is 12.2 Å². The number of hydrogen-bond donors (Lipinski definition) is 2. The van der Waals surface area contributed by atoms with Gasteiger partial charge >= 0.3 is 0 Å². The van der Waals surface area contributed by atoms with Crippen molar-refractivity contribution in [3.63, 3.8) is 0 Å². The number of benzene rings is 1. The van der Waals surface area contributed by atoms with Gasteiger partial charge in [-0.25, -0.2) is 0 Å². The van der Waals surface area contributed by atoms with Gasteiger partial charge in [0.25, 0.3) is 0 Å². The molecule has 0 bridgehead atoms. The van der Waals surface area contributed by atoms with Crippen molar-refractivity contribution < 1.29 is 4.74 Å². The molecule has 3 rings (SSSR count). The van der Waals surface area contributed by atoms with Crippen LogP contribution in [0.3, 0.4) is 0 Å². The van der Waals surface area contributed by atoms with Crippen LogP contribution in [-0.2, 0) is 6.54 Å². The molecule has 1 aliphatic heterocycles. The van der Waals surface area contributed by atoms with E-state index in [1.807, 2.05) is 12.1 Å². The zero-order chi connectivity index (χ0) is 21.8. The summed E-state index contributed by atoms with van der Waals surface area (Å²) in [6, 6.07) is 8.74. The van der Waals surface area contributed by atoms with Crippen molar-refractivity contribution in [2.24, 2.45) is 5.92 Å². The van der Waals surface area contributed by atoms with Crippen LogP contribution in [0, 0.1) is 5.92 Å². The Labute approximate surface area is 188 Å². The van der Waals surface area contributed by atoms with Gasteiger partial charge in [-0.1, -0.05) is 24.3 Å². The maximum absolute atomic E-state index is 5.97. The number of piperidine rings is 1. The number of ether oxygens (including phenoxy) is 1. The Morgan fingerprint density at radius 2 is 1.80 bits per heavy atom. The normalized spacial score (nSPS) is 23.0. The van der Waals surface area contributed by atoms with Crippen molar-refractivity contribution in [1.82, 2.24) is 15.5 Å². The Bertz CT molecular complexity index is 725. The standard InChI is InChI=1S/C25H39N3OS/c1-24(2)15-21(16-25(3,4)27-24)26-23(30)28(17-19-9-7-6-8-10-19)18-20-11-13-22(29-5)14-12-20/h6-7,11-14,19,21,27H,8-10,15-18H2,1-5H3,(H,26,30). The van der Waals surface area contributed by atoms with Gasteiger partial charge in [0.2, 0.25) is 0 Å². The van der Waals surface area contributed by atoms with Crippen LogP contribution in [0.25, 0.3) is 0 Å². The summed E-state index contributed by atoms with van der Waals surface area (Å²) < 4.78 is 5.32. The first-order valence-electron chi connectivity index (χ1n) is 11.3. The molecule has 1 atom stereocenters. The number of methoxy groups -OCH3 is 1. The zero-order valence-corrected chi connectivity index (χ0v) is 20.1. The van der Waals surface area contributed by atoms with Gasteiger partial charge in [-0.3, -0.25) is 0 Å². The summed E-state index contributed by atoms with van der Waals surface area (Å²) in [6.45, 7) is 11.0. The molecule has 1 aliphatic carbocycles. The lowest BCUT2D eigenvalue weighted by Gasteiger charge is -2.47. The van der Waals surface area contributed by atoms with E-state index >= 15 is 0 Å². The Morgan fingerprint density at radius 3 is 2.37 bits per heavy atom. The van der Waals surface area contributed by atoms with Gasteiger partial charge in [0, 0.05) is 30.2 Å². The summed E-state index contributed by atoms with van der Waals surface area (Å²) in [5.74, 6) is 1.55. The summed E-state index contributed by atoms with van der Waals surface area (Å²) in [6.07, 6.45) is 10.3. The molecule has 1 fully saturated rings. The average molecular weight is 430 g/mol. The molecule has 1 unspecified atom stereocenters. The van der Waals surface area contributed by atoms with Crippen molar-refractivity contribution in [3.05, 3.63) is 42.0 Å². The Kier molecular flexibility index (Phi) is 7.46. The first kappa shape index (κ1) is 23.1. The van der Waals surface area contributed by atoms with Gasteiger partial charge in [-0.05, 0) is 95.6 Å². The van der Waals surface area contributed by atoms with E-state index < -0.39 is 0 Å². The van der Waals surface area contributed by atoms with E-state index in [0.29, 0.717) is 12.0 Å². The van der Waals surface area contributed by atoms with Crippen molar-refractivity contribution in [3.8, 4) is 5.75 Å². The van der Waals surface area contributed by atoms with Crippen LogP contribution in [0.5, 0.6) is 5.75 Å². The Morgan fingerprint density at radius 1 is 1.13 bits per heavy atom. The first-order chi connectivity index (χ1) is 14.2. The number of rotatable bonds is 6. The maximum Gasteiger partial charge on any atom is 0.169 e. The predicted octanol–water partition coefficient (Wildman–Crippen LogP) is 5.04. The molecule has 0 radical (unpaired) electrons. The lowest BCUT2D eigenvalue weighted by atomic mass is 9.80. The highest BCUT2D eigenvalue weighted by atomic mass is 32.1. The molecular weight excluding hydrogens is 390 g/mol. The van der Waals surface area contributed by atoms with Gasteiger partial charge in [-0.15, -0.1) is 0 Å². The van der Waals surface area contributed by atoms with Gasteiger partial charge < -0.3 is 20.3 Å².